The van der Waals surface area contributed by atoms with E-state index in [1.807, 2.05) is 0 Å². The molecule has 8 heteroatoms. The molecule has 1 aromatic carbocycles. The molecular formula is C18H22N2O5S. The van der Waals surface area contributed by atoms with Gasteiger partial charge in [0.25, 0.3) is 0 Å². The van der Waals surface area contributed by atoms with Crippen LogP contribution in [0.5, 0.6) is 0 Å². The first-order valence-electron chi connectivity index (χ1n) is 8.65. The summed E-state index contributed by atoms with van der Waals surface area (Å²) in [6, 6.07) is 6.27. The average Bonchev–Trinajstić information content (AvgIpc) is 2.63. The van der Waals surface area contributed by atoms with Gasteiger partial charge < -0.3 is 10.0 Å². The lowest BCUT2D eigenvalue weighted by molar-refractivity contribution is 0.0932. The van der Waals surface area contributed by atoms with E-state index < -0.39 is 33.1 Å². The standard InChI is InChI=1S/C18H22N2O5S/c1-12-6-9-20(10-7-12)15-16(22)13-4-2-3-5-14(13)17(23)18(15)26(24,25)19-8-11-21/h2-5,12,19,21H,6-11H2,1H3. The minimum Gasteiger partial charge on any atom is -0.395 e. The van der Waals surface area contributed by atoms with Crippen molar-refractivity contribution in [2.45, 2.75) is 19.8 Å². The van der Waals surface area contributed by atoms with Crippen molar-refractivity contribution in [1.82, 2.24) is 9.62 Å². The Morgan fingerprint density at radius 2 is 1.69 bits per heavy atom. The van der Waals surface area contributed by atoms with Crippen molar-refractivity contribution in [1.29, 1.82) is 0 Å². The van der Waals surface area contributed by atoms with Crippen molar-refractivity contribution in [2.24, 2.45) is 5.92 Å². The summed E-state index contributed by atoms with van der Waals surface area (Å²) in [5.41, 5.74) is 0.272. The second-order valence-electron chi connectivity index (χ2n) is 6.67. The molecule has 0 saturated carbocycles. The number of carbonyl (C=O) groups is 2. The second-order valence-corrected chi connectivity index (χ2v) is 8.38. The van der Waals surface area contributed by atoms with Gasteiger partial charge >= 0.3 is 0 Å². The number of allylic oxidation sites excluding steroid dienone is 2. The Balaban J connectivity index is 2.15. The van der Waals surface area contributed by atoms with E-state index in [9.17, 15) is 18.0 Å². The number of hydrogen-bond acceptors (Lipinski definition) is 6. The lowest BCUT2D eigenvalue weighted by atomic mass is 9.90. The van der Waals surface area contributed by atoms with E-state index in [1.54, 1.807) is 23.1 Å². The van der Waals surface area contributed by atoms with Crippen LogP contribution in [0.2, 0.25) is 0 Å². The van der Waals surface area contributed by atoms with Crippen molar-refractivity contribution >= 4 is 21.6 Å². The average molecular weight is 378 g/mol. The van der Waals surface area contributed by atoms with Gasteiger partial charge in [-0.3, -0.25) is 9.59 Å². The topological polar surface area (TPSA) is 104 Å². The molecule has 0 bridgehead atoms. The largest absolute Gasteiger partial charge is 0.395 e. The molecule has 7 nitrogen and oxygen atoms in total. The van der Waals surface area contributed by atoms with Gasteiger partial charge in [-0.1, -0.05) is 31.2 Å². The molecule has 0 amide bonds. The fourth-order valence-corrected chi connectivity index (χ4v) is 4.70. The van der Waals surface area contributed by atoms with E-state index in [4.69, 9.17) is 5.11 Å². The Kier molecular flexibility index (Phi) is 5.27. The van der Waals surface area contributed by atoms with Crippen molar-refractivity contribution in [3.63, 3.8) is 0 Å². The van der Waals surface area contributed by atoms with Crippen LogP contribution in [0.25, 0.3) is 0 Å². The highest BCUT2D eigenvalue weighted by Crippen LogP contribution is 2.33. The predicted molar refractivity (Wildman–Crippen MR) is 96.1 cm³/mol. The summed E-state index contributed by atoms with van der Waals surface area (Å²) in [5.74, 6) is -0.639. The summed E-state index contributed by atoms with van der Waals surface area (Å²) in [4.78, 5) is 27.3. The summed E-state index contributed by atoms with van der Waals surface area (Å²) >= 11 is 0. The molecule has 1 saturated heterocycles. The zero-order chi connectivity index (χ0) is 18.9. The highest BCUT2D eigenvalue weighted by atomic mass is 32.2. The molecule has 0 aromatic heterocycles. The number of ketones is 2. The van der Waals surface area contributed by atoms with Crippen LogP contribution in [0.3, 0.4) is 0 Å². The minimum atomic E-state index is -4.22. The number of fused-ring (bicyclic) bond motifs is 1. The van der Waals surface area contributed by atoms with Crippen LogP contribution < -0.4 is 4.72 Å². The summed E-state index contributed by atoms with van der Waals surface area (Å²) in [6.07, 6.45) is 1.65. The number of carbonyl (C=O) groups excluding carboxylic acids is 2. The Morgan fingerprint density at radius 1 is 1.12 bits per heavy atom. The second kappa shape index (κ2) is 7.30. The van der Waals surface area contributed by atoms with Gasteiger partial charge in [0.05, 0.1) is 6.61 Å². The maximum absolute atomic E-state index is 13.1. The maximum Gasteiger partial charge on any atom is 0.246 e. The Bertz CT molecular complexity index is 867. The number of hydrogen-bond donors (Lipinski definition) is 2. The number of benzene rings is 1. The van der Waals surface area contributed by atoms with E-state index in [-0.39, 0.29) is 23.4 Å². The van der Waals surface area contributed by atoms with Gasteiger partial charge in [0, 0.05) is 30.8 Å². The van der Waals surface area contributed by atoms with Crippen LogP contribution in [0.15, 0.2) is 34.9 Å². The maximum atomic E-state index is 13.1. The molecule has 0 atom stereocenters. The number of nitrogens with zero attached hydrogens (tertiary/aromatic N) is 1. The Labute approximate surface area is 152 Å². The van der Waals surface area contributed by atoms with Crippen LogP contribution in [0, 0.1) is 5.92 Å². The van der Waals surface area contributed by atoms with Crippen LogP contribution >= 0.6 is 0 Å². The van der Waals surface area contributed by atoms with Crippen LogP contribution in [-0.4, -0.2) is 56.2 Å². The van der Waals surface area contributed by atoms with E-state index >= 15 is 0 Å². The van der Waals surface area contributed by atoms with Gasteiger partial charge in [0.15, 0.2) is 4.91 Å². The molecule has 1 heterocycles. The van der Waals surface area contributed by atoms with Crippen molar-refractivity contribution in [3.05, 3.63) is 46.0 Å². The molecular weight excluding hydrogens is 356 g/mol. The van der Waals surface area contributed by atoms with Gasteiger partial charge in [-0.05, 0) is 18.8 Å². The van der Waals surface area contributed by atoms with Crippen molar-refractivity contribution < 1.29 is 23.1 Å². The highest BCUT2D eigenvalue weighted by molar-refractivity contribution is 7.94. The first kappa shape index (κ1) is 18.8. The summed E-state index contributed by atoms with van der Waals surface area (Å²) < 4.78 is 27.7. The van der Waals surface area contributed by atoms with Crippen LogP contribution in [-0.2, 0) is 10.0 Å². The smallest absolute Gasteiger partial charge is 0.246 e. The molecule has 2 N–H and O–H groups in total. The lowest BCUT2D eigenvalue weighted by Gasteiger charge is -2.35. The number of rotatable bonds is 5. The molecule has 1 fully saturated rings. The minimum absolute atomic E-state index is 0.0500. The van der Waals surface area contributed by atoms with Crippen LogP contribution in [0.1, 0.15) is 40.5 Å². The monoisotopic (exact) mass is 378 g/mol. The molecule has 26 heavy (non-hydrogen) atoms. The molecule has 2 aliphatic rings. The summed E-state index contributed by atoms with van der Waals surface area (Å²) in [6.45, 7) is 2.53. The number of Topliss-reactive ketones (excluding diaryl/α,β-unsaturated/α-hetero) is 2. The lowest BCUT2D eigenvalue weighted by Crippen LogP contribution is -2.42. The molecule has 1 aliphatic heterocycles. The third-order valence-corrected chi connectivity index (χ3v) is 6.33. The third kappa shape index (κ3) is 3.32. The number of aliphatic hydroxyl groups excluding tert-OH is 1. The molecule has 0 radical (unpaired) electrons. The SMILES string of the molecule is CC1CCN(C2=C(S(=O)(=O)NCCO)C(=O)c3ccccc3C2=O)CC1. The zero-order valence-corrected chi connectivity index (χ0v) is 15.4. The number of piperidine rings is 1. The van der Waals surface area contributed by atoms with Gasteiger partial charge in [-0.25, -0.2) is 13.1 Å². The summed E-state index contributed by atoms with van der Waals surface area (Å²) in [7, 11) is -4.22. The number of sulfonamides is 1. The van der Waals surface area contributed by atoms with E-state index in [0.29, 0.717) is 19.0 Å². The highest BCUT2D eigenvalue weighted by Gasteiger charge is 2.41. The molecule has 3 rings (SSSR count). The molecule has 140 valence electrons. The molecule has 0 unspecified atom stereocenters. The Hall–Kier alpha value is -2.03. The fourth-order valence-electron chi connectivity index (χ4n) is 3.36. The normalized spacial score (nSPS) is 19.1. The van der Waals surface area contributed by atoms with E-state index in [2.05, 4.69) is 11.6 Å². The van der Waals surface area contributed by atoms with Gasteiger partial charge in [0.1, 0.15) is 5.70 Å². The summed E-state index contributed by atoms with van der Waals surface area (Å²) in [5, 5.41) is 8.94. The van der Waals surface area contributed by atoms with E-state index in [1.165, 1.54) is 6.07 Å². The fraction of sp³-hybridized carbons (Fsp3) is 0.444. The first-order valence-corrected chi connectivity index (χ1v) is 10.1. The third-order valence-electron chi connectivity index (χ3n) is 4.83. The quantitative estimate of drug-likeness (QED) is 0.790. The molecule has 1 aromatic rings. The zero-order valence-electron chi connectivity index (χ0n) is 14.6. The number of aliphatic hydroxyl groups is 1. The predicted octanol–water partition coefficient (Wildman–Crippen LogP) is 0.921. The van der Waals surface area contributed by atoms with Gasteiger partial charge in [-0.2, -0.15) is 0 Å². The molecule has 0 spiro atoms. The van der Waals surface area contributed by atoms with Gasteiger partial charge in [0.2, 0.25) is 21.6 Å². The Morgan fingerprint density at radius 3 is 2.27 bits per heavy atom. The van der Waals surface area contributed by atoms with E-state index in [0.717, 1.165) is 12.8 Å². The first-order chi connectivity index (χ1) is 12.4. The number of nitrogens with one attached hydrogen (secondary N) is 1. The van der Waals surface area contributed by atoms with Crippen molar-refractivity contribution in [3.8, 4) is 0 Å². The molecule has 1 aliphatic carbocycles. The van der Waals surface area contributed by atoms with Gasteiger partial charge in [-0.15, -0.1) is 0 Å². The number of likely N-dealkylation sites (tertiary alicyclic amines) is 1. The van der Waals surface area contributed by atoms with Crippen LogP contribution in [0.4, 0.5) is 0 Å². The van der Waals surface area contributed by atoms with Crippen molar-refractivity contribution in [2.75, 3.05) is 26.2 Å².